The zero-order chi connectivity index (χ0) is 14.1. The van der Waals surface area contributed by atoms with Crippen molar-refractivity contribution in [3.05, 3.63) is 0 Å². The van der Waals surface area contributed by atoms with E-state index in [2.05, 4.69) is 10.6 Å². The van der Waals surface area contributed by atoms with Crippen LogP contribution in [0.15, 0.2) is 0 Å². The summed E-state index contributed by atoms with van der Waals surface area (Å²) in [5.41, 5.74) is 0. The lowest BCUT2D eigenvalue weighted by atomic mass is 9.98. The lowest BCUT2D eigenvalue weighted by Crippen LogP contribution is -2.47. The van der Waals surface area contributed by atoms with Gasteiger partial charge in [0, 0.05) is 19.6 Å². The van der Waals surface area contributed by atoms with E-state index in [9.17, 15) is 9.59 Å². The third-order valence-electron chi connectivity index (χ3n) is 3.36. The molecule has 1 atom stereocenters. The predicted molar refractivity (Wildman–Crippen MR) is 83.0 cm³/mol. The van der Waals surface area contributed by atoms with Gasteiger partial charge in [0.2, 0.25) is 11.8 Å². The quantitative estimate of drug-likeness (QED) is 0.742. The van der Waals surface area contributed by atoms with Gasteiger partial charge < -0.3 is 15.5 Å². The van der Waals surface area contributed by atoms with Crippen molar-refractivity contribution in [2.75, 3.05) is 32.7 Å². The number of hydrogen-bond donors (Lipinski definition) is 2. The van der Waals surface area contributed by atoms with Gasteiger partial charge in [-0.3, -0.25) is 9.59 Å². The second-order valence-electron chi connectivity index (χ2n) is 5.15. The summed E-state index contributed by atoms with van der Waals surface area (Å²) >= 11 is 0. The molecule has 0 aromatic rings. The molecule has 0 radical (unpaired) electrons. The number of amides is 2. The number of nitrogens with zero attached hydrogens (tertiary/aromatic N) is 1. The van der Waals surface area contributed by atoms with Gasteiger partial charge in [-0.1, -0.05) is 13.8 Å². The molecular weight excluding hydrogens is 278 g/mol. The van der Waals surface area contributed by atoms with Gasteiger partial charge in [0.15, 0.2) is 0 Å². The first kappa shape index (κ1) is 19.2. The van der Waals surface area contributed by atoms with Crippen LogP contribution in [0.1, 0.15) is 39.5 Å². The molecular formula is C14H28ClN3O2. The number of carbonyl (C=O) groups excluding carboxylic acids is 2. The first-order valence-electron chi connectivity index (χ1n) is 7.45. The van der Waals surface area contributed by atoms with Gasteiger partial charge in [-0.15, -0.1) is 12.4 Å². The standard InChI is InChI=1S/C14H27N3O2.ClH/c1-3-7-16-13(18)11-17(9-4-2)14(19)12-6-5-8-15-10-12;/h12,15H,3-11H2,1-2H3,(H,16,18);1H/t12-;/m1./s1. The molecule has 0 bridgehead atoms. The minimum absolute atomic E-state index is 0. The predicted octanol–water partition coefficient (Wildman–Crippen LogP) is 1.17. The smallest absolute Gasteiger partial charge is 0.239 e. The van der Waals surface area contributed by atoms with Crippen LogP contribution in [0.5, 0.6) is 0 Å². The fraction of sp³-hybridized carbons (Fsp3) is 0.857. The normalized spacial score (nSPS) is 18.0. The summed E-state index contributed by atoms with van der Waals surface area (Å²) in [5.74, 6) is 0.118. The summed E-state index contributed by atoms with van der Waals surface area (Å²) in [6.45, 7) is 7.33. The Kier molecular flexibility index (Phi) is 10.5. The minimum Gasteiger partial charge on any atom is -0.355 e. The monoisotopic (exact) mass is 305 g/mol. The van der Waals surface area contributed by atoms with Gasteiger partial charge >= 0.3 is 0 Å². The number of hydrogen-bond acceptors (Lipinski definition) is 3. The molecule has 1 aliphatic heterocycles. The van der Waals surface area contributed by atoms with Crippen molar-refractivity contribution in [3.63, 3.8) is 0 Å². The maximum Gasteiger partial charge on any atom is 0.239 e. The highest BCUT2D eigenvalue weighted by Gasteiger charge is 2.26. The number of piperidine rings is 1. The molecule has 20 heavy (non-hydrogen) atoms. The Hall–Kier alpha value is -0.810. The van der Waals surface area contributed by atoms with E-state index in [0.717, 1.165) is 38.8 Å². The summed E-state index contributed by atoms with van der Waals surface area (Å²) < 4.78 is 0. The molecule has 6 heteroatoms. The van der Waals surface area contributed by atoms with Gasteiger partial charge in [0.25, 0.3) is 0 Å². The maximum absolute atomic E-state index is 12.4. The molecule has 0 aliphatic carbocycles. The Morgan fingerprint density at radius 3 is 2.60 bits per heavy atom. The number of carbonyl (C=O) groups is 2. The van der Waals surface area contributed by atoms with E-state index in [4.69, 9.17) is 0 Å². The minimum atomic E-state index is -0.0487. The van der Waals surface area contributed by atoms with Crippen molar-refractivity contribution in [2.24, 2.45) is 5.92 Å². The second kappa shape index (κ2) is 10.9. The van der Waals surface area contributed by atoms with Crippen LogP contribution in [0.4, 0.5) is 0 Å². The van der Waals surface area contributed by atoms with Gasteiger partial charge in [-0.05, 0) is 32.2 Å². The Balaban J connectivity index is 0.00000361. The molecule has 118 valence electrons. The largest absolute Gasteiger partial charge is 0.355 e. The summed E-state index contributed by atoms with van der Waals surface area (Å²) in [7, 11) is 0. The zero-order valence-electron chi connectivity index (χ0n) is 12.6. The van der Waals surface area contributed by atoms with Crippen molar-refractivity contribution in [3.8, 4) is 0 Å². The van der Waals surface area contributed by atoms with E-state index in [1.165, 1.54) is 0 Å². The Bertz CT molecular complexity index is 294. The average molecular weight is 306 g/mol. The van der Waals surface area contributed by atoms with Crippen LogP contribution in [0.25, 0.3) is 0 Å². The van der Waals surface area contributed by atoms with Crippen molar-refractivity contribution in [1.29, 1.82) is 0 Å². The van der Waals surface area contributed by atoms with Gasteiger partial charge in [-0.2, -0.15) is 0 Å². The van der Waals surface area contributed by atoms with E-state index >= 15 is 0 Å². The Morgan fingerprint density at radius 2 is 2.05 bits per heavy atom. The molecule has 1 heterocycles. The van der Waals surface area contributed by atoms with Crippen LogP contribution in [0.3, 0.4) is 0 Å². The fourth-order valence-corrected chi connectivity index (χ4v) is 2.35. The van der Waals surface area contributed by atoms with E-state index in [-0.39, 0.29) is 36.7 Å². The van der Waals surface area contributed by atoms with Crippen molar-refractivity contribution in [1.82, 2.24) is 15.5 Å². The topological polar surface area (TPSA) is 61.4 Å². The molecule has 5 nitrogen and oxygen atoms in total. The first-order valence-corrected chi connectivity index (χ1v) is 7.45. The Labute approximate surface area is 128 Å². The molecule has 0 aromatic carbocycles. The molecule has 0 unspecified atom stereocenters. The van der Waals surface area contributed by atoms with E-state index in [0.29, 0.717) is 13.1 Å². The number of rotatable bonds is 7. The molecule has 0 aromatic heterocycles. The molecule has 0 saturated carbocycles. The van der Waals surface area contributed by atoms with Crippen molar-refractivity contribution >= 4 is 24.2 Å². The van der Waals surface area contributed by atoms with E-state index in [1.54, 1.807) is 4.90 Å². The van der Waals surface area contributed by atoms with Crippen LogP contribution >= 0.6 is 12.4 Å². The van der Waals surface area contributed by atoms with E-state index in [1.807, 2.05) is 13.8 Å². The van der Waals surface area contributed by atoms with Crippen LogP contribution in [-0.2, 0) is 9.59 Å². The molecule has 1 fully saturated rings. The highest BCUT2D eigenvalue weighted by Crippen LogP contribution is 2.13. The summed E-state index contributed by atoms with van der Waals surface area (Å²) in [6, 6.07) is 0. The Morgan fingerprint density at radius 1 is 1.30 bits per heavy atom. The van der Waals surface area contributed by atoms with Gasteiger partial charge in [0.1, 0.15) is 0 Å². The van der Waals surface area contributed by atoms with Crippen LogP contribution < -0.4 is 10.6 Å². The molecule has 1 aliphatic rings. The van der Waals surface area contributed by atoms with E-state index < -0.39 is 0 Å². The lowest BCUT2D eigenvalue weighted by Gasteiger charge is -2.29. The van der Waals surface area contributed by atoms with Gasteiger partial charge in [-0.25, -0.2) is 0 Å². The summed E-state index contributed by atoms with van der Waals surface area (Å²) in [6.07, 6.45) is 3.77. The van der Waals surface area contributed by atoms with Gasteiger partial charge in [0.05, 0.1) is 12.5 Å². The third kappa shape index (κ3) is 6.57. The highest BCUT2D eigenvalue weighted by atomic mass is 35.5. The van der Waals surface area contributed by atoms with Crippen molar-refractivity contribution in [2.45, 2.75) is 39.5 Å². The fourth-order valence-electron chi connectivity index (χ4n) is 2.35. The molecule has 1 saturated heterocycles. The lowest BCUT2D eigenvalue weighted by molar-refractivity contribution is -0.140. The molecule has 2 N–H and O–H groups in total. The first-order chi connectivity index (χ1) is 9.19. The van der Waals surface area contributed by atoms with Crippen molar-refractivity contribution < 1.29 is 9.59 Å². The van der Waals surface area contributed by atoms with Crippen LogP contribution in [-0.4, -0.2) is 49.4 Å². The SMILES string of the molecule is CCCNC(=O)CN(CCC)C(=O)[C@@H]1CCCNC1.Cl. The summed E-state index contributed by atoms with van der Waals surface area (Å²) in [4.78, 5) is 25.9. The molecule has 1 rings (SSSR count). The molecule has 0 spiro atoms. The zero-order valence-corrected chi connectivity index (χ0v) is 13.4. The second-order valence-corrected chi connectivity index (χ2v) is 5.15. The molecule has 2 amide bonds. The van der Waals surface area contributed by atoms with Crippen LogP contribution in [0.2, 0.25) is 0 Å². The average Bonchev–Trinajstić information content (AvgIpc) is 2.45. The number of nitrogens with one attached hydrogen (secondary N) is 2. The third-order valence-corrected chi connectivity index (χ3v) is 3.36. The summed E-state index contributed by atoms with van der Waals surface area (Å²) in [5, 5.41) is 6.08. The maximum atomic E-state index is 12.4. The highest BCUT2D eigenvalue weighted by molar-refractivity contribution is 5.86. The van der Waals surface area contributed by atoms with Crippen LogP contribution in [0, 0.1) is 5.92 Å². The number of halogens is 1.